The van der Waals surface area contributed by atoms with Gasteiger partial charge in [0.15, 0.2) is 5.58 Å². The quantitative estimate of drug-likeness (QED) is 0.608. The van der Waals surface area contributed by atoms with Crippen LogP contribution in [0.15, 0.2) is 40.2 Å². The summed E-state index contributed by atoms with van der Waals surface area (Å²) >= 11 is 0. The lowest BCUT2D eigenvalue weighted by Gasteiger charge is -2.40. The Morgan fingerprint density at radius 3 is 2.76 bits per heavy atom. The fourth-order valence-electron chi connectivity index (χ4n) is 3.94. The predicted octanol–water partition coefficient (Wildman–Crippen LogP) is 0.610. The normalized spacial score (nSPS) is 20.4. The van der Waals surface area contributed by atoms with Crippen LogP contribution in [0.5, 0.6) is 0 Å². The van der Waals surface area contributed by atoms with Crippen LogP contribution in [0.2, 0.25) is 0 Å². The van der Waals surface area contributed by atoms with E-state index in [-0.39, 0.29) is 30.2 Å². The molecule has 2 aliphatic rings. The van der Waals surface area contributed by atoms with Gasteiger partial charge in [-0.25, -0.2) is 8.42 Å². The molecule has 0 aliphatic carbocycles. The molecule has 0 saturated carbocycles. The lowest BCUT2D eigenvalue weighted by molar-refractivity contribution is -0.135. The van der Waals surface area contributed by atoms with Crippen LogP contribution in [0.4, 0.5) is 6.01 Å². The number of hydrogen-bond acceptors (Lipinski definition) is 8. The first-order valence-corrected chi connectivity index (χ1v) is 11.0. The molecule has 2 aromatic heterocycles. The molecule has 11 heteroatoms. The van der Waals surface area contributed by atoms with Crippen molar-refractivity contribution in [3.8, 4) is 0 Å². The Morgan fingerprint density at radius 1 is 1.24 bits per heavy atom. The Morgan fingerprint density at radius 2 is 2.03 bits per heavy atom. The Kier molecular flexibility index (Phi) is 4.09. The molecule has 0 radical (unpaired) electrons. The Hall–Kier alpha value is -2.95. The van der Waals surface area contributed by atoms with E-state index in [4.69, 9.17) is 4.42 Å². The lowest BCUT2D eigenvalue weighted by atomic mass is 10.1. The number of anilines is 1. The number of rotatable bonds is 4. The number of oxazole rings is 1. The number of para-hydroxylation sites is 2. The second kappa shape index (κ2) is 6.55. The maximum Gasteiger partial charge on any atom is 0.299 e. The largest absolute Gasteiger partial charge is 0.423 e. The van der Waals surface area contributed by atoms with E-state index in [9.17, 15) is 13.2 Å². The van der Waals surface area contributed by atoms with Crippen molar-refractivity contribution >= 4 is 32.9 Å². The number of carbonyl (C=O) groups excluding carboxylic acids is 1. The van der Waals surface area contributed by atoms with Crippen molar-refractivity contribution in [3.05, 3.63) is 30.6 Å². The molecule has 0 spiro atoms. The van der Waals surface area contributed by atoms with E-state index in [1.807, 2.05) is 29.2 Å². The average molecular weight is 416 g/mol. The predicted molar refractivity (Wildman–Crippen MR) is 103 cm³/mol. The average Bonchev–Trinajstić information content (AvgIpc) is 3.38. The van der Waals surface area contributed by atoms with Crippen LogP contribution >= 0.6 is 0 Å². The molecule has 0 bridgehead atoms. The summed E-state index contributed by atoms with van der Waals surface area (Å²) in [5.74, 6) is -0.0887. The monoisotopic (exact) mass is 416 g/mol. The summed E-state index contributed by atoms with van der Waals surface area (Å²) < 4.78 is 32.6. The summed E-state index contributed by atoms with van der Waals surface area (Å²) in [5.41, 5.74) is 1.43. The minimum Gasteiger partial charge on any atom is -0.423 e. The molecule has 2 aliphatic heterocycles. The Labute approximate surface area is 167 Å². The van der Waals surface area contributed by atoms with E-state index < -0.39 is 15.1 Å². The molecule has 10 nitrogen and oxygen atoms in total. The second-order valence-corrected chi connectivity index (χ2v) is 9.57. The molecule has 2 fully saturated rings. The number of amides is 1. The first-order valence-electron chi connectivity index (χ1n) is 9.44. The van der Waals surface area contributed by atoms with Crippen LogP contribution in [0.25, 0.3) is 11.1 Å². The second-order valence-electron chi connectivity index (χ2n) is 7.45. The minimum absolute atomic E-state index is 0.0661. The van der Waals surface area contributed by atoms with Gasteiger partial charge >= 0.3 is 0 Å². The highest BCUT2D eigenvalue weighted by Crippen LogP contribution is 2.31. The van der Waals surface area contributed by atoms with Crippen LogP contribution < -0.4 is 4.90 Å². The van der Waals surface area contributed by atoms with Gasteiger partial charge in [-0.15, -0.1) is 10.2 Å². The molecule has 1 amide bonds. The molecule has 0 unspecified atom stereocenters. The topological polar surface area (TPSA) is 114 Å². The first-order chi connectivity index (χ1) is 13.9. The van der Waals surface area contributed by atoms with Gasteiger partial charge in [0.2, 0.25) is 20.9 Å². The molecule has 0 N–H and O–H groups in total. The molecule has 3 aromatic rings. The van der Waals surface area contributed by atoms with Crippen molar-refractivity contribution in [2.45, 2.75) is 29.3 Å². The van der Waals surface area contributed by atoms with Crippen molar-refractivity contribution in [3.63, 3.8) is 0 Å². The third kappa shape index (κ3) is 2.87. The van der Waals surface area contributed by atoms with Crippen molar-refractivity contribution in [1.29, 1.82) is 0 Å². The number of aryl methyl sites for hydroxylation is 1. The zero-order valence-electron chi connectivity index (χ0n) is 15.8. The van der Waals surface area contributed by atoms with Crippen LogP contribution in [0, 0.1) is 0 Å². The number of benzene rings is 1. The molecule has 4 heterocycles. The highest BCUT2D eigenvalue weighted by Gasteiger charge is 2.46. The van der Waals surface area contributed by atoms with Crippen LogP contribution in [-0.4, -0.2) is 69.9 Å². The maximum absolute atomic E-state index is 13.0. The summed E-state index contributed by atoms with van der Waals surface area (Å²) in [6, 6.07) is 7.52. The number of carbonyl (C=O) groups is 1. The minimum atomic E-state index is -3.61. The molecule has 5 rings (SSSR count). The molecule has 2 saturated heterocycles. The summed E-state index contributed by atoms with van der Waals surface area (Å²) in [7, 11) is -2.02. The van der Waals surface area contributed by atoms with Crippen LogP contribution in [0.1, 0.15) is 12.8 Å². The number of likely N-dealkylation sites (tertiary alicyclic amines) is 1. The number of nitrogens with zero attached hydrogens (tertiary/aromatic N) is 6. The fourth-order valence-corrected chi connectivity index (χ4v) is 5.60. The maximum atomic E-state index is 13.0. The summed E-state index contributed by atoms with van der Waals surface area (Å²) in [6.07, 6.45) is 2.89. The highest BCUT2D eigenvalue weighted by molar-refractivity contribution is 7.92. The van der Waals surface area contributed by atoms with Gasteiger partial charge in [0.25, 0.3) is 6.01 Å². The van der Waals surface area contributed by atoms with Crippen LogP contribution in [-0.2, 0) is 21.7 Å². The lowest BCUT2D eigenvalue weighted by Crippen LogP contribution is -2.60. The van der Waals surface area contributed by atoms with Crippen LogP contribution in [0.3, 0.4) is 0 Å². The van der Waals surface area contributed by atoms with E-state index >= 15 is 0 Å². The third-order valence-electron chi connectivity index (χ3n) is 5.59. The van der Waals surface area contributed by atoms with Gasteiger partial charge < -0.3 is 18.8 Å². The molecular formula is C18H20N6O4S. The summed E-state index contributed by atoms with van der Waals surface area (Å²) in [5, 5.41) is 6.61. The fraction of sp³-hybridized carbons (Fsp3) is 0.444. The summed E-state index contributed by atoms with van der Waals surface area (Å²) in [6.45, 7) is 0.996. The van der Waals surface area contributed by atoms with Crippen molar-refractivity contribution in [2.24, 2.45) is 7.05 Å². The standard InChI is InChI=1S/C18H20N6O4S/c1-22-11-19-21-18(22)29(26,27)12-9-23(10-12)16(25)14-6-4-8-24(14)17-20-13-5-2-3-7-15(13)28-17/h2-3,5,7,11-12,14H,4,6,8-10H2,1H3/t14-/m0/s1. The van der Waals surface area contributed by atoms with E-state index in [2.05, 4.69) is 15.2 Å². The van der Waals surface area contributed by atoms with E-state index in [1.165, 1.54) is 10.9 Å². The Bertz CT molecular complexity index is 1150. The van der Waals surface area contributed by atoms with Gasteiger partial charge in [0.05, 0.1) is 0 Å². The molecule has 29 heavy (non-hydrogen) atoms. The van der Waals surface area contributed by atoms with Gasteiger partial charge in [-0.1, -0.05) is 12.1 Å². The van der Waals surface area contributed by atoms with Gasteiger partial charge in [-0.05, 0) is 25.0 Å². The zero-order chi connectivity index (χ0) is 20.2. The van der Waals surface area contributed by atoms with Gasteiger partial charge in [-0.3, -0.25) is 4.79 Å². The van der Waals surface area contributed by atoms with Crippen molar-refractivity contribution in [2.75, 3.05) is 24.5 Å². The number of sulfone groups is 1. The Balaban J connectivity index is 1.30. The van der Waals surface area contributed by atoms with Gasteiger partial charge in [0.1, 0.15) is 23.1 Å². The van der Waals surface area contributed by atoms with Crippen molar-refractivity contribution in [1.82, 2.24) is 24.6 Å². The number of hydrogen-bond donors (Lipinski definition) is 0. The first kappa shape index (κ1) is 18.1. The molecule has 1 atom stereocenters. The van der Waals surface area contributed by atoms with Gasteiger partial charge in [0, 0.05) is 26.7 Å². The SMILES string of the molecule is Cn1cnnc1S(=O)(=O)C1CN(C(=O)[C@@H]2CCCN2c2nc3ccccc3o2)C1. The van der Waals surface area contributed by atoms with E-state index in [0.29, 0.717) is 24.6 Å². The van der Waals surface area contributed by atoms with Gasteiger partial charge in [-0.2, -0.15) is 4.98 Å². The molecule has 152 valence electrons. The van der Waals surface area contributed by atoms with E-state index in [0.717, 1.165) is 11.9 Å². The third-order valence-corrected chi connectivity index (χ3v) is 7.64. The smallest absolute Gasteiger partial charge is 0.299 e. The number of aromatic nitrogens is 4. The summed E-state index contributed by atoms with van der Waals surface area (Å²) in [4.78, 5) is 21.0. The highest BCUT2D eigenvalue weighted by atomic mass is 32.2. The molecular weight excluding hydrogens is 396 g/mol. The number of fused-ring (bicyclic) bond motifs is 1. The van der Waals surface area contributed by atoms with E-state index in [1.54, 1.807) is 11.9 Å². The zero-order valence-corrected chi connectivity index (χ0v) is 16.6. The molecule has 1 aromatic carbocycles. The van der Waals surface area contributed by atoms with Crippen molar-refractivity contribution < 1.29 is 17.6 Å².